The van der Waals surface area contributed by atoms with Crippen LogP contribution in [0.5, 0.6) is 0 Å². The summed E-state index contributed by atoms with van der Waals surface area (Å²) in [6, 6.07) is 7.50. The standard InChI is InChI=1S/C9H10O2.C3H7.Li/c1-7-2-4-8(5-3-7)6-9(10)11;1-3-2;/h2-5H,6H2,1H3,(H,10,11);1,3H2,2H3;/q;-1;+1. The number of aliphatic carboxylic acids is 1. The summed E-state index contributed by atoms with van der Waals surface area (Å²) in [6.07, 6.45) is 1.11. The van der Waals surface area contributed by atoms with E-state index in [1.807, 2.05) is 38.1 Å². The quantitative estimate of drug-likeness (QED) is 0.533. The molecular weight excluding hydrogens is 183 g/mol. The van der Waals surface area contributed by atoms with Crippen LogP contribution in [0, 0.1) is 13.8 Å². The number of hydrogen-bond donors (Lipinski definition) is 1. The second-order valence-electron chi connectivity index (χ2n) is 3.06. The van der Waals surface area contributed by atoms with Crippen molar-refractivity contribution in [2.24, 2.45) is 0 Å². The molecule has 0 unspecified atom stereocenters. The molecule has 0 aromatic heterocycles. The van der Waals surface area contributed by atoms with Crippen LogP contribution in [0.1, 0.15) is 24.5 Å². The Kier molecular flexibility index (Phi) is 10.9. The maximum atomic E-state index is 10.3. The molecule has 0 spiro atoms. The first-order chi connectivity index (χ1) is 6.60. The zero-order chi connectivity index (χ0) is 11.0. The maximum absolute atomic E-state index is 10.3. The largest absolute Gasteiger partial charge is 1.00 e. The van der Waals surface area contributed by atoms with Crippen molar-refractivity contribution < 1.29 is 28.8 Å². The maximum Gasteiger partial charge on any atom is 1.00 e. The van der Waals surface area contributed by atoms with Crippen LogP contribution in [0.25, 0.3) is 0 Å². The number of aryl methyl sites for hydroxylation is 1. The number of rotatable bonds is 2. The molecular formula is C12H17LiO2. The SMILES string of the molecule is Cc1ccc(CC(=O)O)cc1.[CH2-]CC.[Li+]. The van der Waals surface area contributed by atoms with E-state index in [1.54, 1.807) is 0 Å². The van der Waals surface area contributed by atoms with E-state index in [9.17, 15) is 4.79 Å². The van der Waals surface area contributed by atoms with Crippen LogP contribution in [0.3, 0.4) is 0 Å². The van der Waals surface area contributed by atoms with Gasteiger partial charge in [-0.1, -0.05) is 36.8 Å². The summed E-state index contributed by atoms with van der Waals surface area (Å²) in [5.41, 5.74) is 2.00. The van der Waals surface area contributed by atoms with E-state index in [1.165, 1.54) is 0 Å². The molecule has 0 heterocycles. The minimum Gasteiger partial charge on any atom is -0.481 e. The first kappa shape index (κ1) is 16.7. The van der Waals surface area contributed by atoms with Gasteiger partial charge in [0.1, 0.15) is 0 Å². The Bertz CT molecular complexity index is 267. The molecule has 0 saturated heterocycles. The van der Waals surface area contributed by atoms with E-state index >= 15 is 0 Å². The Morgan fingerprint density at radius 3 is 2.07 bits per heavy atom. The van der Waals surface area contributed by atoms with E-state index in [0.717, 1.165) is 17.5 Å². The van der Waals surface area contributed by atoms with Gasteiger partial charge in [0.2, 0.25) is 0 Å². The van der Waals surface area contributed by atoms with Gasteiger partial charge in [0.15, 0.2) is 0 Å². The molecule has 0 amide bonds. The molecule has 0 aliphatic rings. The molecule has 1 aromatic rings. The van der Waals surface area contributed by atoms with Crippen LogP contribution >= 0.6 is 0 Å². The molecule has 0 atom stereocenters. The van der Waals surface area contributed by atoms with Crippen molar-refractivity contribution >= 4 is 5.97 Å². The van der Waals surface area contributed by atoms with Gasteiger partial charge in [0.25, 0.3) is 0 Å². The summed E-state index contributed by atoms with van der Waals surface area (Å²) in [5.74, 6) is -0.783. The number of carbonyl (C=O) groups is 1. The van der Waals surface area contributed by atoms with Crippen molar-refractivity contribution in [2.45, 2.75) is 26.7 Å². The van der Waals surface area contributed by atoms with E-state index in [4.69, 9.17) is 5.11 Å². The first-order valence-electron chi connectivity index (χ1n) is 4.66. The summed E-state index contributed by atoms with van der Waals surface area (Å²) >= 11 is 0. The predicted molar refractivity (Wildman–Crippen MR) is 58.2 cm³/mol. The molecule has 0 saturated carbocycles. The fourth-order valence-electron chi connectivity index (χ4n) is 0.881. The minimum absolute atomic E-state index is 0. The Morgan fingerprint density at radius 2 is 1.73 bits per heavy atom. The monoisotopic (exact) mass is 200 g/mol. The van der Waals surface area contributed by atoms with E-state index < -0.39 is 5.97 Å². The third kappa shape index (κ3) is 9.59. The third-order valence-electron chi connectivity index (χ3n) is 1.48. The van der Waals surface area contributed by atoms with Gasteiger partial charge in [0.05, 0.1) is 6.42 Å². The number of carboxylic acid groups (broad SMARTS) is 1. The van der Waals surface area contributed by atoms with Gasteiger partial charge in [-0.25, -0.2) is 0 Å². The van der Waals surface area contributed by atoms with Crippen molar-refractivity contribution in [1.82, 2.24) is 0 Å². The van der Waals surface area contributed by atoms with Crippen molar-refractivity contribution in [1.29, 1.82) is 0 Å². The molecule has 0 aliphatic heterocycles. The van der Waals surface area contributed by atoms with E-state index in [2.05, 4.69) is 6.92 Å². The van der Waals surface area contributed by atoms with E-state index in [0.29, 0.717) is 0 Å². The topological polar surface area (TPSA) is 37.3 Å². The average molecular weight is 200 g/mol. The van der Waals surface area contributed by atoms with Gasteiger partial charge in [-0.2, -0.15) is 6.42 Å². The smallest absolute Gasteiger partial charge is 0.481 e. The fraction of sp³-hybridized carbons (Fsp3) is 0.333. The molecule has 2 nitrogen and oxygen atoms in total. The molecule has 1 N–H and O–H groups in total. The Labute approximate surface area is 104 Å². The van der Waals surface area contributed by atoms with Crippen LogP contribution in [0.15, 0.2) is 24.3 Å². The van der Waals surface area contributed by atoms with E-state index in [-0.39, 0.29) is 25.3 Å². The van der Waals surface area contributed by atoms with Crippen LogP contribution in [-0.2, 0) is 11.2 Å². The zero-order valence-corrected chi connectivity index (χ0v) is 9.79. The van der Waals surface area contributed by atoms with Gasteiger partial charge < -0.3 is 12.0 Å². The molecule has 1 aromatic carbocycles. The first-order valence-corrected chi connectivity index (χ1v) is 4.66. The van der Waals surface area contributed by atoms with Crippen LogP contribution in [0.4, 0.5) is 0 Å². The zero-order valence-electron chi connectivity index (χ0n) is 9.79. The molecule has 78 valence electrons. The van der Waals surface area contributed by atoms with Gasteiger partial charge in [0, 0.05) is 0 Å². The van der Waals surface area contributed by atoms with Gasteiger partial charge >= 0.3 is 24.8 Å². The van der Waals surface area contributed by atoms with Gasteiger partial charge in [-0.15, -0.1) is 0 Å². The summed E-state index contributed by atoms with van der Waals surface area (Å²) in [4.78, 5) is 10.3. The van der Waals surface area contributed by atoms with Crippen molar-refractivity contribution in [3.05, 3.63) is 42.3 Å². The molecule has 1 rings (SSSR count). The van der Waals surface area contributed by atoms with Crippen molar-refractivity contribution in [2.75, 3.05) is 0 Å². The van der Waals surface area contributed by atoms with Crippen LogP contribution < -0.4 is 18.9 Å². The second kappa shape index (κ2) is 9.83. The Morgan fingerprint density at radius 1 is 1.33 bits per heavy atom. The third-order valence-corrected chi connectivity index (χ3v) is 1.48. The molecule has 0 aliphatic carbocycles. The summed E-state index contributed by atoms with van der Waals surface area (Å²) in [6.45, 7) is 7.48. The normalized spacial score (nSPS) is 8.20. The van der Waals surface area contributed by atoms with Gasteiger partial charge in [-0.3, -0.25) is 4.79 Å². The molecule has 0 radical (unpaired) electrons. The van der Waals surface area contributed by atoms with Crippen molar-refractivity contribution in [3.8, 4) is 0 Å². The number of benzene rings is 1. The predicted octanol–water partition coefficient (Wildman–Crippen LogP) is -0.143. The van der Waals surface area contributed by atoms with Crippen LogP contribution in [-0.4, -0.2) is 11.1 Å². The summed E-state index contributed by atoms with van der Waals surface area (Å²) < 4.78 is 0. The van der Waals surface area contributed by atoms with Gasteiger partial charge in [-0.05, 0) is 12.5 Å². The molecule has 15 heavy (non-hydrogen) atoms. The molecule has 3 heteroatoms. The second-order valence-corrected chi connectivity index (χ2v) is 3.06. The Balaban J connectivity index is 0. The van der Waals surface area contributed by atoms with Crippen molar-refractivity contribution in [3.63, 3.8) is 0 Å². The summed E-state index contributed by atoms with van der Waals surface area (Å²) in [7, 11) is 0. The molecule has 0 fully saturated rings. The number of hydrogen-bond acceptors (Lipinski definition) is 1. The summed E-state index contributed by atoms with van der Waals surface area (Å²) in [5, 5.41) is 8.44. The molecule has 0 bridgehead atoms. The minimum atomic E-state index is -0.783. The number of carboxylic acids is 1. The average Bonchev–Trinajstić information content (AvgIpc) is 2.09. The fourth-order valence-corrected chi connectivity index (χ4v) is 0.881. The van der Waals surface area contributed by atoms with Crippen LogP contribution in [0.2, 0.25) is 0 Å². The Hall–Kier alpha value is -0.713.